The highest BCUT2D eigenvalue weighted by atomic mass is 16.5. The highest BCUT2D eigenvalue weighted by Gasteiger charge is 2.29. The molecule has 1 aliphatic carbocycles. The third kappa shape index (κ3) is 4.30. The van der Waals surface area contributed by atoms with Crippen molar-refractivity contribution in [2.45, 2.75) is 25.4 Å². The Labute approximate surface area is 120 Å². The fraction of sp³-hybridized carbons (Fsp3) is 0.533. The van der Waals surface area contributed by atoms with E-state index in [1.54, 1.807) is 7.11 Å². The maximum absolute atomic E-state index is 12.2. The number of anilines is 1. The Balaban J connectivity index is 1.90. The Morgan fingerprint density at radius 2 is 2.20 bits per heavy atom. The number of rotatable bonds is 8. The standard InChI is InChI=1S/C15H23N3O2/c1-20-9-8-18(13-6-7-13)11-15(19)17-14-5-3-2-4-12(14)10-16/h2-5,13H,6-11,16H2,1H3,(H,17,19). The van der Waals surface area contributed by atoms with Crippen LogP contribution in [0.2, 0.25) is 0 Å². The van der Waals surface area contributed by atoms with Crippen LogP contribution in [0.3, 0.4) is 0 Å². The van der Waals surface area contributed by atoms with Gasteiger partial charge in [-0.25, -0.2) is 0 Å². The molecule has 5 nitrogen and oxygen atoms in total. The zero-order chi connectivity index (χ0) is 14.4. The Kier molecular flexibility index (Phi) is 5.52. The number of benzene rings is 1. The molecule has 0 spiro atoms. The summed E-state index contributed by atoms with van der Waals surface area (Å²) in [6.45, 7) is 2.29. The molecule has 5 heteroatoms. The molecule has 2 rings (SSSR count). The van der Waals surface area contributed by atoms with Gasteiger partial charge in [-0.15, -0.1) is 0 Å². The second kappa shape index (κ2) is 7.38. The van der Waals surface area contributed by atoms with Crippen LogP contribution in [0.5, 0.6) is 0 Å². The van der Waals surface area contributed by atoms with E-state index in [9.17, 15) is 4.79 Å². The van der Waals surface area contributed by atoms with Crippen LogP contribution < -0.4 is 11.1 Å². The van der Waals surface area contributed by atoms with Gasteiger partial charge in [0, 0.05) is 31.9 Å². The smallest absolute Gasteiger partial charge is 0.238 e. The van der Waals surface area contributed by atoms with Crippen LogP contribution in [-0.2, 0) is 16.1 Å². The van der Waals surface area contributed by atoms with Gasteiger partial charge in [0.1, 0.15) is 0 Å². The van der Waals surface area contributed by atoms with Crippen LogP contribution in [-0.4, -0.2) is 43.7 Å². The zero-order valence-electron chi connectivity index (χ0n) is 12.0. The van der Waals surface area contributed by atoms with Gasteiger partial charge in [-0.05, 0) is 24.5 Å². The number of hydrogen-bond donors (Lipinski definition) is 2. The van der Waals surface area contributed by atoms with Gasteiger partial charge in [-0.1, -0.05) is 18.2 Å². The number of nitrogens with zero attached hydrogens (tertiary/aromatic N) is 1. The largest absolute Gasteiger partial charge is 0.383 e. The normalized spacial score (nSPS) is 14.6. The number of ether oxygens (including phenoxy) is 1. The molecule has 1 amide bonds. The molecule has 1 aliphatic rings. The summed E-state index contributed by atoms with van der Waals surface area (Å²) in [4.78, 5) is 14.3. The predicted octanol–water partition coefficient (Wildman–Crippen LogP) is 1.19. The number of hydrogen-bond acceptors (Lipinski definition) is 4. The summed E-state index contributed by atoms with van der Waals surface area (Å²) in [7, 11) is 1.68. The molecule has 1 fully saturated rings. The molecule has 20 heavy (non-hydrogen) atoms. The molecule has 0 radical (unpaired) electrons. The average molecular weight is 277 g/mol. The molecule has 0 saturated heterocycles. The van der Waals surface area contributed by atoms with Crippen LogP contribution in [0, 0.1) is 0 Å². The van der Waals surface area contributed by atoms with E-state index in [1.165, 1.54) is 12.8 Å². The minimum absolute atomic E-state index is 0.00824. The molecule has 0 bridgehead atoms. The molecule has 3 N–H and O–H groups in total. The number of amides is 1. The first-order chi connectivity index (χ1) is 9.74. The van der Waals surface area contributed by atoms with Crippen LogP contribution in [0.4, 0.5) is 5.69 Å². The first-order valence-electron chi connectivity index (χ1n) is 7.05. The van der Waals surface area contributed by atoms with E-state index in [-0.39, 0.29) is 5.91 Å². The molecule has 1 aromatic carbocycles. The second-order valence-corrected chi connectivity index (χ2v) is 5.10. The third-order valence-corrected chi connectivity index (χ3v) is 3.50. The number of para-hydroxylation sites is 1. The first kappa shape index (κ1) is 15.0. The van der Waals surface area contributed by atoms with Crippen LogP contribution >= 0.6 is 0 Å². The fourth-order valence-corrected chi connectivity index (χ4v) is 2.23. The van der Waals surface area contributed by atoms with Gasteiger partial charge in [0.2, 0.25) is 5.91 Å². The summed E-state index contributed by atoms with van der Waals surface area (Å²) in [6, 6.07) is 8.18. The van der Waals surface area contributed by atoms with Crippen LogP contribution in [0.15, 0.2) is 24.3 Å². The van der Waals surface area contributed by atoms with Crippen molar-refractivity contribution in [3.05, 3.63) is 29.8 Å². The molecule has 0 heterocycles. The Morgan fingerprint density at radius 3 is 2.85 bits per heavy atom. The lowest BCUT2D eigenvalue weighted by molar-refractivity contribution is -0.117. The van der Waals surface area contributed by atoms with E-state index >= 15 is 0 Å². The van der Waals surface area contributed by atoms with Gasteiger partial charge in [-0.2, -0.15) is 0 Å². The number of carbonyl (C=O) groups is 1. The summed E-state index contributed by atoms with van der Waals surface area (Å²) in [6.07, 6.45) is 2.35. The lowest BCUT2D eigenvalue weighted by Crippen LogP contribution is -2.37. The molecule has 1 saturated carbocycles. The molecule has 1 aromatic rings. The summed E-state index contributed by atoms with van der Waals surface area (Å²) in [5.74, 6) is 0.00824. The highest BCUT2D eigenvalue weighted by Crippen LogP contribution is 2.26. The minimum atomic E-state index is 0.00824. The summed E-state index contributed by atoms with van der Waals surface area (Å²) >= 11 is 0. The van der Waals surface area contributed by atoms with E-state index in [4.69, 9.17) is 10.5 Å². The van der Waals surface area contributed by atoms with Crippen molar-refractivity contribution < 1.29 is 9.53 Å². The molecule has 0 aromatic heterocycles. The monoisotopic (exact) mass is 277 g/mol. The van der Waals surface area contributed by atoms with Crippen molar-refractivity contribution in [3.8, 4) is 0 Å². The fourth-order valence-electron chi connectivity index (χ4n) is 2.23. The van der Waals surface area contributed by atoms with E-state index < -0.39 is 0 Å². The SMILES string of the molecule is COCCN(CC(=O)Nc1ccccc1CN)C1CC1. The van der Waals surface area contributed by atoms with Crippen LogP contribution in [0.1, 0.15) is 18.4 Å². The zero-order valence-corrected chi connectivity index (χ0v) is 12.0. The van der Waals surface area contributed by atoms with Crippen molar-refractivity contribution in [1.82, 2.24) is 4.90 Å². The van der Waals surface area contributed by atoms with Crippen molar-refractivity contribution >= 4 is 11.6 Å². The number of nitrogens with one attached hydrogen (secondary N) is 1. The predicted molar refractivity (Wildman–Crippen MR) is 79.4 cm³/mol. The van der Waals surface area contributed by atoms with E-state index in [2.05, 4.69) is 10.2 Å². The summed E-state index contributed by atoms with van der Waals surface area (Å²) < 4.78 is 5.10. The van der Waals surface area contributed by atoms with Gasteiger partial charge in [0.05, 0.1) is 13.2 Å². The Bertz CT molecular complexity index is 446. The van der Waals surface area contributed by atoms with Crippen molar-refractivity contribution in [3.63, 3.8) is 0 Å². The number of methoxy groups -OCH3 is 1. The van der Waals surface area contributed by atoms with Crippen molar-refractivity contribution in [1.29, 1.82) is 0 Å². The Morgan fingerprint density at radius 1 is 1.45 bits per heavy atom. The molecule has 0 aliphatic heterocycles. The molecular weight excluding hydrogens is 254 g/mol. The third-order valence-electron chi connectivity index (χ3n) is 3.50. The topological polar surface area (TPSA) is 67.6 Å². The molecule has 0 atom stereocenters. The van der Waals surface area contributed by atoms with E-state index in [0.717, 1.165) is 17.8 Å². The first-order valence-corrected chi connectivity index (χ1v) is 7.05. The number of nitrogens with two attached hydrogens (primary N) is 1. The van der Waals surface area contributed by atoms with E-state index in [1.807, 2.05) is 24.3 Å². The summed E-state index contributed by atoms with van der Waals surface area (Å²) in [5.41, 5.74) is 7.44. The highest BCUT2D eigenvalue weighted by molar-refractivity contribution is 5.93. The lowest BCUT2D eigenvalue weighted by atomic mass is 10.2. The van der Waals surface area contributed by atoms with Gasteiger partial charge in [0.15, 0.2) is 0 Å². The summed E-state index contributed by atoms with van der Waals surface area (Å²) in [5, 5.41) is 2.95. The van der Waals surface area contributed by atoms with Crippen molar-refractivity contribution in [2.24, 2.45) is 5.73 Å². The molecule has 110 valence electrons. The van der Waals surface area contributed by atoms with Gasteiger partial charge in [-0.3, -0.25) is 9.69 Å². The van der Waals surface area contributed by atoms with E-state index in [0.29, 0.717) is 25.7 Å². The maximum Gasteiger partial charge on any atom is 0.238 e. The minimum Gasteiger partial charge on any atom is -0.383 e. The average Bonchev–Trinajstić information content (AvgIpc) is 3.28. The Hall–Kier alpha value is -1.43. The lowest BCUT2D eigenvalue weighted by Gasteiger charge is -2.21. The van der Waals surface area contributed by atoms with Gasteiger partial charge in [0.25, 0.3) is 0 Å². The molecule has 0 unspecified atom stereocenters. The van der Waals surface area contributed by atoms with Crippen LogP contribution in [0.25, 0.3) is 0 Å². The molecular formula is C15H23N3O2. The number of carbonyl (C=O) groups excluding carboxylic acids is 1. The quantitative estimate of drug-likeness (QED) is 0.749. The van der Waals surface area contributed by atoms with Crippen molar-refractivity contribution in [2.75, 3.05) is 32.1 Å². The second-order valence-electron chi connectivity index (χ2n) is 5.10. The maximum atomic E-state index is 12.2. The van der Waals surface area contributed by atoms with Gasteiger partial charge >= 0.3 is 0 Å². The van der Waals surface area contributed by atoms with Gasteiger partial charge < -0.3 is 15.8 Å².